The van der Waals surface area contributed by atoms with E-state index in [0.29, 0.717) is 12.3 Å². The lowest BCUT2D eigenvalue weighted by atomic mass is 10.1. The highest BCUT2D eigenvalue weighted by molar-refractivity contribution is 7.91. The predicted octanol–water partition coefficient (Wildman–Crippen LogP) is 2.56. The Bertz CT molecular complexity index is 644. The summed E-state index contributed by atoms with van der Waals surface area (Å²) in [4.78, 5) is 2.47. The van der Waals surface area contributed by atoms with Gasteiger partial charge in [0, 0.05) is 13.1 Å². The Morgan fingerprint density at radius 2 is 1.84 bits per heavy atom. The highest BCUT2D eigenvalue weighted by Crippen LogP contribution is 2.18. The lowest BCUT2D eigenvalue weighted by Gasteiger charge is -2.26. The van der Waals surface area contributed by atoms with Crippen LogP contribution in [0.25, 0.3) is 0 Å². The van der Waals surface area contributed by atoms with E-state index in [0.717, 1.165) is 25.9 Å². The van der Waals surface area contributed by atoms with Crippen LogP contribution in [0.5, 0.6) is 5.75 Å². The average Bonchev–Trinajstić information content (AvgIpc) is 2.60. The molecule has 142 valence electrons. The monoisotopic (exact) mass is 392 g/mol. The Balaban J connectivity index is 0.00000312. The van der Waals surface area contributed by atoms with Crippen molar-refractivity contribution in [1.29, 1.82) is 0 Å². The van der Waals surface area contributed by atoms with Gasteiger partial charge < -0.3 is 15.4 Å². The molecule has 1 aromatic carbocycles. The zero-order valence-corrected chi connectivity index (χ0v) is 15.8. The Kier molecular flexibility index (Phi) is 9.42. The smallest absolute Gasteiger partial charge is 0.179 e. The molecule has 0 radical (unpaired) electrons. The fraction of sp³-hybridized carbons (Fsp3) is 0.529. The summed E-state index contributed by atoms with van der Waals surface area (Å²) in [5, 5.41) is 0. The average molecular weight is 393 g/mol. The third-order valence-corrected chi connectivity index (χ3v) is 5.73. The first-order valence-corrected chi connectivity index (χ1v) is 9.89. The van der Waals surface area contributed by atoms with Crippen molar-refractivity contribution in [2.75, 3.05) is 38.5 Å². The number of benzene rings is 1. The van der Waals surface area contributed by atoms with E-state index in [-0.39, 0.29) is 36.2 Å². The van der Waals surface area contributed by atoms with Gasteiger partial charge in [0.15, 0.2) is 9.84 Å². The first-order valence-electron chi connectivity index (χ1n) is 8.24. The first kappa shape index (κ1) is 21.9. The van der Waals surface area contributed by atoms with Gasteiger partial charge in [0.05, 0.1) is 10.6 Å². The lowest BCUT2D eigenvalue weighted by molar-refractivity contribution is 0.241. The van der Waals surface area contributed by atoms with Crippen LogP contribution in [0.4, 0.5) is 4.39 Å². The van der Waals surface area contributed by atoms with E-state index in [1.807, 2.05) is 0 Å². The molecular weight excluding hydrogens is 367 g/mol. The number of nitrogens with two attached hydrogens (primary N) is 1. The number of hydrogen-bond acceptors (Lipinski definition) is 5. The van der Waals surface area contributed by atoms with Gasteiger partial charge in [0.25, 0.3) is 0 Å². The third kappa shape index (κ3) is 7.32. The van der Waals surface area contributed by atoms with Gasteiger partial charge in [-0.25, -0.2) is 12.8 Å². The van der Waals surface area contributed by atoms with E-state index in [4.69, 9.17) is 10.5 Å². The Hall–Kier alpha value is -1.15. The highest BCUT2D eigenvalue weighted by atomic mass is 35.5. The molecule has 0 saturated carbocycles. The Morgan fingerprint density at radius 1 is 1.20 bits per heavy atom. The molecule has 8 heteroatoms. The second-order valence-corrected chi connectivity index (χ2v) is 7.98. The Labute approximate surface area is 155 Å². The van der Waals surface area contributed by atoms with E-state index in [1.54, 1.807) is 12.1 Å². The number of rotatable bonds is 8. The summed E-state index contributed by atoms with van der Waals surface area (Å²) in [7, 11) is -3.32. The van der Waals surface area contributed by atoms with Crippen LogP contribution in [0.1, 0.15) is 19.3 Å². The lowest BCUT2D eigenvalue weighted by Crippen LogP contribution is -2.33. The van der Waals surface area contributed by atoms with Gasteiger partial charge >= 0.3 is 0 Å². The molecular formula is C17H26ClFN2O3S. The van der Waals surface area contributed by atoms with Gasteiger partial charge in [0.1, 0.15) is 18.2 Å². The van der Waals surface area contributed by atoms with Crippen LogP contribution >= 0.6 is 12.4 Å². The Morgan fingerprint density at radius 3 is 2.44 bits per heavy atom. The molecule has 0 amide bonds. The minimum atomic E-state index is -3.32. The molecule has 0 bridgehead atoms. The normalized spacial score (nSPS) is 16.3. The quantitative estimate of drug-likeness (QED) is 0.736. The van der Waals surface area contributed by atoms with E-state index in [1.165, 1.54) is 24.6 Å². The third-order valence-electron chi connectivity index (χ3n) is 4.02. The fourth-order valence-corrected chi connectivity index (χ4v) is 3.92. The summed E-state index contributed by atoms with van der Waals surface area (Å²) in [6.07, 6.45) is 4.74. The number of ether oxygens (including phenoxy) is 1. The second kappa shape index (κ2) is 10.8. The second-order valence-electron chi connectivity index (χ2n) is 5.87. The molecule has 0 atom stereocenters. The van der Waals surface area contributed by atoms with Crippen molar-refractivity contribution in [3.05, 3.63) is 36.2 Å². The molecule has 0 spiro atoms. The summed E-state index contributed by atoms with van der Waals surface area (Å²) in [6.45, 7) is 2.42. The van der Waals surface area contributed by atoms with Crippen LogP contribution in [0, 0.1) is 0 Å². The van der Waals surface area contributed by atoms with Gasteiger partial charge in [-0.2, -0.15) is 0 Å². The fourth-order valence-electron chi connectivity index (χ4n) is 2.63. The SMILES string of the molecule is Cl.NC/C=C(/F)COc1ccc(S(=O)(=O)CCN2CCCCC2)cc1. The van der Waals surface area contributed by atoms with Crippen molar-refractivity contribution in [3.8, 4) is 5.75 Å². The van der Waals surface area contributed by atoms with Crippen LogP contribution < -0.4 is 10.5 Å². The van der Waals surface area contributed by atoms with Gasteiger partial charge in [0.2, 0.25) is 0 Å². The maximum absolute atomic E-state index is 13.2. The molecule has 0 aliphatic carbocycles. The molecule has 1 aliphatic rings. The van der Waals surface area contributed by atoms with Crippen LogP contribution in [0.15, 0.2) is 41.1 Å². The van der Waals surface area contributed by atoms with Crippen molar-refractivity contribution < 1.29 is 17.5 Å². The number of halogens is 2. The number of hydrogen-bond donors (Lipinski definition) is 1. The van der Waals surface area contributed by atoms with E-state index in [9.17, 15) is 12.8 Å². The highest BCUT2D eigenvalue weighted by Gasteiger charge is 2.18. The maximum Gasteiger partial charge on any atom is 0.179 e. The first-order chi connectivity index (χ1) is 11.5. The van der Waals surface area contributed by atoms with E-state index < -0.39 is 15.7 Å². The van der Waals surface area contributed by atoms with Crippen molar-refractivity contribution >= 4 is 22.2 Å². The number of likely N-dealkylation sites (tertiary alicyclic amines) is 1. The van der Waals surface area contributed by atoms with E-state index >= 15 is 0 Å². The van der Waals surface area contributed by atoms with Crippen LogP contribution in [-0.4, -0.2) is 51.9 Å². The summed E-state index contributed by atoms with van der Waals surface area (Å²) >= 11 is 0. The maximum atomic E-state index is 13.2. The standard InChI is InChI=1S/C17H25FN2O3S.ClH/c18-15(8-9-19)14-23-16-4-6-17(7-5-16)24(21,22)13-12-20-10-2-1-3-11-20;/h4-8H,1-3,9-14,19H2;1H/b15-8+;. The minimum Gasteiger partial charge on any atom is -0.487 e. The molecule has 2 N–H and O–H groups in total. The number of piperidine rings is 1. The van der Waals surface area contributed by atoms with E-state index in [2.05, 4.69) is 4.90 Å². The van der Waals surface area contributed by atoms with Crippen LogP contribution in [-0.2, 0) is 9.84 Å². The summed E-state index contributed by atoms with van der Waals surface area (Å²) in [5.74, 6) is 0.0856. The van der Waals surface area contributed by atoms with Crippen molar-refractivity contribution in [1.82, 2.24) is 4.90 Å². The molecule has 0 aromatic heterocycles. The molecule has 5 nitrogen and oxygen atoms in total. The summed E-state index contributed by atoms with van der Waals surface area (Å²) in [5.41, 5.74) is 5.21. The summed E-state index contributed by atoms with van der Waals surface area (Å²) in [6, 6.07) is 6.10. The predicted molar refractivity (Wildman–Crippen MR) is 99.8 cm³/mol. The van der Waals surface area contributed by atoms with Crippen molar-refractivity contribution in [2.45, 2.75) is 24.2 Å². The number of sulfone groups is 1. The zero-order chi connectivity index (χ0) is 17.4. The topological polar surface area (TPSA) is 72.6 Å². The molecule has 2 rings (SSSR count). The molecule has 1 aromatic rings. The summed E-state index contributed by atoms with van der Waals surface area (Å²) < 4.78 is 43.2. The zero-order valence-electron chi connectivity index (χ0n) is 14.2. The minimum absolute atomic E-state index is 0. The van der Waals surface area contributed by atoms with Crippen molar-refractivity contribution in [2.24, 2.45) is 5.73 Å². The van der Waals surface area contributed by atoms with Gasteiger partial charge in [-0.15, -0.1) is 12.4 Å². The molecule has 1 heterocycles. The van der Waals surface area contributed by atoms with Gasteiger partial charge in [-0.05, 0) is 56.3 Å². The molecule has 1 aliphatic heterocycles. The van der Waals surface area contributed by atoms with Gasteiger partial charge in [-0.1, -0.05) is 6.42 Å². The largest absolute Gasteiger partial charge is 0.487 e. The van der Waals surface area contributed by atoms with Gasteiger partial charge in [-0.3, -0.25) is 0 Å². The van der Waals surface area contributed by atoms with Crippen LogP contribution in [0.2, 0.25) is 0 Å². The molecule has 25 heavy (non-hydrogen) atoms. The molecule has 0 unspecified atom stereocenters. The molecule has 1 fully saturated rings. The number of nitrogens with zero attached hydrogens (tertiary/aromatic N) is 1. The molecule has 1 saturated heterocycles. The van der Waals surface area contributed by atoms with Crippen molar-refractivity contribution in [3.63, 3.8) is 0 Å². The van der Waals surface area contributed by atoms with Crippen LogP contribution in [0.3, 0.4) is 0 Å².